The number of nitrogens with one attached hydrogen (secondary N) is 3. The molecule has 0 saturated carbocycles. The Hall–Kier alpha value is -3.85. The van der Waals surface area contributed by atoms with Crippen LogP contribution in [0.3, 0.4) is 0 Å². The van der Waals surface area contributed by atoms with Gasteiger partial charge in [0.25, 0.3) is 15.9 Å². The van der Waals surface area contributed by atoms with Crippen molar-refractivity contribution in [2.24, 2.45) is 0 Å². The Morgan fingerprint density at radius 2 is 1.59 bits per heavy atom. The van der Waals surface area contributed by atoms with Gasteiger partial charge in [-0.1, -0.05) is 30.3 Å². The molecule has 0 fully saturated rings. The highest BCUT2D eigenvalue weighted by molar-refractivity contribution is 7.92. The van der Waals surface area contributed by atoms with Gasteiger partial charge in [-0.25, -0.2) is 13.2 Å². The van der Waals surface area contributed by atoms with E-state index in [1.165, 1.54) is 18.2 Å². The lowest BCUT2D eigenvalue weighted by molar-refractivity contribution is 0.0742. The van der Waals surface area contributed by atoms with Crippen molar-refractivity contribution in [2.75, 3.05) is 11.8 Å². The molecule has 0 aliphatic carbocycles. The molecule has 3 N–H and O–H groups in total. The Kier molecular flexibility index (Phi) is 5.58. The molecule has 1 heterocycles. The number of carbonyl (C=O) groups is 1. The Labute approximate surface area is 185 Å². The predicted octanol–water partition coefficient (Wildman–Crippen LogP) is 3.49. The molecular formula is C23H22N4O4S. The topological polar surface area (TPSA) is 115 Å². The third-order valence-electron chi connectivity index (χ3n) is 5.37. The van der Waals surface area contributed by atoms with Gasteiger partial charge in [-0.05, 0) is 55.0 Å². The fraction of sp³-hybridized carbons (Fsp3) is 0.130. The third kappa shape index (κ3) is 4.28. The minimum absolute atomic E-state index is 0.0109. The fourth-order valence-corrected chi connectivity index (χ4v) is 4.49. The van der Waals surface area contributed by atoms with Crippen LogP contribution < -0.4 is 10.4 Å². The molecule has 0 aliphatic rings. The number of amides is 1. The summed E-state index contributed by atoms with van der Waals surface area (Å²) in [6.45, 7) is 1.95. The molecule has 0 saturated heterocycles. The van der Waals surface area contributed by atoms with Gasteiger partial charge in [-0.15, -0.1) is 0 Å². The van der Waals surface area contributed by atoms with Crippen LogP contribution in [0, 0.1) is 0 Å². The van der Waals surface area contributed by atoms with Crippen molar-refractivity contribution in [3.63, 3.8) is 0 Å². The first kappa shape index (κ1) is 21.4. The van der Waals surface area contributed by atoms with Crippen molar-refractivity contribution in [3.05, 3.63) is 94.4 Å². The highest BCUT2D eigenvalue weighted by atomic mass is 32.2. The lowest BCUT2D eigenvalue weighted by Crippen LogP contribution is -2.29. The molecule has 1 aromatic heterocycles. The summed E-state index contributed by atoms with van der Waals surface area (Å²) in [6, 6.07) is 20.2. The molecule has 4 rings (SSSR count). The molecule has 0 bridgehead atoms. The average Bonchev–Trinajstić information content (AvgIpc) is 3.17. The standard InChI is InChI=1S/C23H22N4O4S/c1-15(16-6-4-3-5-7-16)27(2)22(28)17-8-10-18(11-9-17)26-32(30,31)19-12-13-20-21(14-19)25-23(29)24-20/h3-15,26H,1-2H3,(H2,24,25,29)/t15-/m0/s1. The largest absolute Gasteiger partial charge is 0.335 e. The Morgan fingerprint density at radius 3 is 2.28 bits per heavy atom. The van der Waals surface area contributed by atoms with Crippen LogP contribution in [0.4, 0.5) is 5.69 Å². The zero-order valence-corrected chi connectivity index (χ0v) is 18.3. The number of aromatic amines is 2. The molecule has 8 nitrogen and oxygen atoms in total. The molecule has 1 atom stereocenters. The van der Waals surface area contributed by atoms with E-state index in [1.54, 1.807) is 36.2 Å². The molecular weight excluding hydrogens is 428 g/mol. The Morgan fingerprint density at radius 1 is 0.938 bits per heavy atom. The number of aromatic nitrogens is 2. The molecule has 0 spiro atoms. The number of rotatable bonds is 6. The molecule has 164 valence electrons. The van der Waals surface area contributed by atoms with Gasteiger partial charge in [0.1, 0.15) is 0 Å². The Bertz CT molecular complexity index is 1420. The highest BCUT2D eigenvalue weighted by Gasteiger charge is 2.20. The fourth-order valence-electron chi connectivity index (χ4n) is 3.41. The zero-order chi connectivity index (χ0) is 22.9. The molecule has 3 aromatic carbocycles. The number of carbonyl (C=O) groups excluding carboxylic acids is 1. The molecule has 9 heteroatoms. The van der Waals surface area contributed by atoms with Crippen LogP contribution in [0.2, 0.25) is 0 Å². The molecule has 4 aromatic rings. The van der Waals surface area contributed by atoms with Crippen LogP contribution in [0.15, 0.2) is 82.5 Å². The van der Waals surface area contributed by atoms with Gasteiger partial charge in [0.15, 0.2) is 0 Å². The van der Waals surface area contributed by atoms with Crippen molar-refractivity contribution in [2.45, 2.75) is 17.9 Å². The number of imidazole rings is 1. The van der Waals surface area contributed by atoms with Gasteiger partial charge in [0, 0.05) is 18.3 Å². The summed E-state index contributed by atoms with van der Waals surface area (Å²) in [5.41, 5.74) is 2.30. The summed E-state index contributed by atoms with van der Waals surface area (Å²) in [5, 5.41) is 0. The van der Waals surface area contributed by atoms with Crippen molar-refractivity contribution in [1.82, 2.24) is 14.9 Å². The second-order valence-electron chi connectivity index (χ2n) is 7.47. The lowest BCUT2D eigenvalue weighted by atomic mass is 10.1. The second-order valence-corrected chi connectivity index (χ2v) is 9.15. The van der Waals surface area contributed by atoms with E-state index in [4.69, 9.17) is 0 Å². The summed E-state index contributed by atoms with van der Waals surface area (Å²) >= 11 is 0. The molecule has 32 heavy (non-hydrogen) atoms. The van der Waals surface area contributed by atoms with Crippen LogP contribution in [-0.4, -0.2) is 36.2 Å². The minimum atomic E-state index is -3.88. The summed E-state index contributed by atoms with van der Waals surface area (Å²) < 4.78 is 28.0. The summed E-state index contributed by atoms with van der Waals surface area (Å²) in [6.07, 6.45) is 0. The van der Waals surface area contributed by atoms with Crippen LogP contribution in [0.25, 0.3) is 11.0 Å². The molecule has 0 unspecified atom stereocenters. The number of fused-ring (bicyclic) bond motifs is 1. The van der Waals surface area contributed by atoms with Gasteiger partial charge in [-0.3, -0.25) is 9.52 Å². The SMILES string of the molecule is C[C@@H](c1ccccc1)N(C)C(=O)c1ccc(NS(=O)(=O)c2ccc3[nH]c(=O)[nH]c3c2)cc1. The molecule has 0 aliphatic heterocycles. The first-order valence-corrected chi connectivity index (χ1v) is 11.4. The van der Waals surface area contributed by atoms with Crippen LogP contribution in [0.1, 0.15) is 28.9 Å². The number of nitrogens with zero attached hydrogens (tertiary/aromatic N) is 1. The number of hydrogen-bond donors (Lipinski definition) is 3. The van der Waals surface area contributed by atoms with E-state index in [2.05, 4.69) is 14.7 Å². The van der Waals surface area contributed by atoms with E-state index >= 15 is 0 Å². The molecule has 1 amide bonds. The number of benzene rings is 3. The van der Waals surface area contributed by atoms with Crippen LogP contribution >= 0.6 is 0 Å². The van der Waals surface area contributed by atoms with Crippen molar-refractivity contribution >= 4 is 32.7 Å². The average molecular weight is 451 g/mol. The van der Waals surface area contributed by atoms with Crippen LogP contribution in [0.5, 0.6) is 0 Å². The van der Waals surface area contributed by atoms with Gasteiger partial charge < -0.3 is 14.9 Å². The number of H-pyrrole nitrogens is 2. The highest BCUT2D eigenvalue weighted by Crippen LogP contribution is 2.22. The smallest absolute Gasteiger partial charge is 0.323 e. The van der Waals surface area contributed by atoms with Crippen molar-refractivity contribution < 1.29 is 13.2 Å². The maximum absolute atomic E-state index is 12.9. The first-order chi connectivity index (χ1) is 15.2. The van der Waals surface area contributed by atoms with Crippen molar-refractivity contribution in [3.8, 4) is 0 Å². The van der Waals surface area contributed by atoms with E-state index in [0.717, 1.165) is 5.56 Å². The zero-order valence-electron chi connectivity index (χ0n) is 17.5. The van der Waals surface area contributed by atoms with Gasteiger partial charge >= 0.3 is 5.69 Å². The van der Waals surface area contributed by atoms with E-state index in [1.807, 2.05) is 37.3 Å². The maximum atomic E-state index is 12.9. The lowest BCUT2D eigenvalue weighted by Gasteiger charge is -2.25. The minimum Gasteiger partial charge on any atom is -0.335 e. The first-order valence-electron chi connectivity index (χ1n) is 9.91. The number of anilines is 1. The van der Waals surface area contributed by atoms with Crippen LogP contribution in [-0.2, 0) is 10.0 Å². The normalized spacial score (nSPS) is 12.4. The van der Waals surface area contributed by atoms with E-state index in [0.29, 0.717) is 22.3 Å². The summed E-state index contributed by atoms with van der Waals surface area (Å²) in [5.74, 6) is -0.169. The maximum Gasteiger partial charge on any atom is 0.323 e. The monoisotopic (exact) mass is 450 g/mol. The summed E-state index contributed by atoms with van der Waals surface area (Å²) in [4.78, 5) is 31.0. The summed E-state index contributed by atoms with van der Waals surface area (Å²) in [7, 11) is -2.14. The quantitative estimate of drug-likeness (QED) is 0.417. The third-order valence-corrected chi connectivity index (χ3v) is 6.74. The Balaban J connectivity index is 1.50. The number of hydrogen-bond acceptors (Lipinski definition) is 4. The van der Waals surface area contributed by atoms with E-state index in [9.17, 15) is 18.0 Å². The molecule has 0 radical (unpaired) electrons. The number of sulfonamides is 1. The van der Waals surface area contributed by atoms with Gasteiger partial charge in [0.05, 0.1) is 22.0 Å². The van der Waals surface area contributed by atoms with Gasteiger partial charge in [0.2, 0.25) is 0 Å². The second kappa shape index (κ2) is 8.35. The van der Waals surface area contributed by atoms with E-state index < -0.39 is 15.7 Å². The predicted molar refractivity (Wildman–Crippen MR) is 123 cm³/mol. The van der Waals surface area contributed by atoms with Gasteiger partial charge in [-0.2, -0.15) is 0 Å². The van der Waals surface area contributed by atoms with Crippen molar-refractivity contribution in [1.29, 1.82) is 0 Å². The van der Waals surface area contributed by atoms with E-state index in [-0.39, 0.29) is 16.8 Å².